The predicted octanol–water partition coefficient (Wildman–Crippen LogP) is 1.26. The van der Waals surface area contributed by atoms with Crippen molar-refractivity contribution in [2.45, 2.75) is 58.3 Å². The number of nitriles is 1. The minimum absolute atomic E-state index is 0.0364. The van der Waals surface area contributed by atoms with E-state index in [1.165, 1.54) is 4.90 Å². The lowest BCUT2D eigenvalue weighted by Crippen LogP contribution is -2.41. The molecule has 7 heteroatoms. The molecule has 130 valence electrons. The van der Waals surface area contributed by atoms with Gasteiger partial charge in [0.15, 0.2) is 12.7 Å². The van der Waals surface area contributed by atoms with Crippen LogP contribution in [0.25, 0.3) is 0 Å². The normalized spacial score (nSPS) is 18.5. The van der Waals surface area contributed by atoms with Crippen LogP contribution in [0.5, 0.6) is 0 Å². The first-order chi connectivity index (χ1) is 11.0. The fourth-order valence-electron chi connectivity index (χ4n) is 2.27. The van der Waals surface area contributed by atoms with E-state index in [-0.39, 0.29) is 31.1 Å². The highest BCUT2D eigenvalue weighted by Gasteiger charge is 2.23. The van der Waals surface area contributed by atoms with Crippen molar-refractivity contribution in [3.63, 3.8) is 0 Å². The molecule has 0 bridgehead atoms. The van der Waals surface area contributed by atoms with Crippen LogP contribution in [-0.2, 0) is 23.8 Å². The molecule has 0 spiro atoms. The van der Waals surface area contributed by atoms with Crippen molar-refractivity contribution in [1.82, 2.24) is 4.90 Å². The third kappa shape index (κ3) is 6.97. The Hall–Kier alpha value is -1.65. The van der Waals surface area contributed by atoms with E-state index in [9.17, 15) is 9.59 Å². The molecule has 1 aliphatic rings. The molecular weight excluding hydrogens is 300 g/mol. The van der Waals surface area contributed by atoms with Crippen LogP contribution in [0.4, 0.5) is 0 Å². The fraction of sp³-hybridized carbons (Fsp3) is 0.812. The summed E-state index contributed by atoms with van der Waals surface area (Å²) in [5.41, 5.74) is 0. The Balaban J connectivity index is 2.31. The fourth-order valence-corrected chi connectivity index (χ4v) is 2.27. The van der Waals surface area contributed by atoms with E-state index in [4.69, 9.17) is 19.5 Å². The third-order valence-electron chi connectivity index (χ3n) is 3.63. The van der Waals surface area contributed by atoms with E-state index < -0.39 is 12.1 Å². The maximum Gasteiger partial charge on any atom is 0.335 e. The molecule has 2 atom stereocenters. The van der Waals surface area contributed by atoms with E-state index in [1.807, 2.05) is 19.9 Å². The molecule has 1 saturated heterocycles. The molecule has 0 saturated carbocycles. The zero-order valence-electron chi connectivity index (χ0n) is 14.1. The molecule has 1 aliphatic heterocycles. The first-order valence-electron chi connectivity index (χ1n) is 8.02. The standard InChI is InChI=1S/C16H26N2O5/c1-12(2)18(8-5-7-17)15(19)11-23-16(20)13(3)22-10-14-6-4-9-21-14/h12-14H,4-6,8-11H2,1-3H3. The van der Waals surface area contributed by atoms with E-state index in [0.29, 0.717) is 13.2 Å². The van der Waals surface area contributed by atoms with Crippen LogP contribution in [0.3, 0.4) is 0 Å². The van der Waals surface area contributed by atoms with Crippen LogP contribution >= 0.6 is 0 Å². The summed E-state index contributed by atoms with van der Waals surface area (Å²) in [4.78, 5) is 25.4. The van der Waals surface area contributed by atoms with Crippen molar-refractivity contribution in [2.24, 2.45) is 0 Å². The van der Waals surface area contributed by atoms with Gasteiger partial charge in [-0.05, 0) is 33.6 Å². The molecule has 0 aromatic rings. The number of ether oxygens (including phenoxy) is 3. The predicted molar refractivity (Wildman–Crippen MR) is 82.4 cm³/mol. The summed E-state index contributed by atoms with van der Waals surface area (Å²) >= 11 is 0. The van der Waals surface area contributed by atoms with Gasteiger partial charge in [0, 0.05) is 19.2 Å². The summed E-state index contributed by atoms with van der Waals surface area (Å²) in [5, 5.41) is 8.62. The zero-order valence-corrected chi connectivity index (χ0v) is 14.1. The maximum absolute atomic E-state index is 12.1. The molecule has 23 heavy (non-hydrogen) atoms. The highest BCUT2D eigenvalue weighted by Crippen LogP contribution is 2.13. The Bertz CT molecular complexity index is 427. The van der Waals surface area contributed by atoms with Gasteiger partial charge in [0.1, 0.15) is 0 Å². The summed E-state index contributed by atoms with van der Waals surface area (Å²) in [6.45, 7) is 6.37. The van der Waals surface area contributed by atoms with Gasteiger partial charge in [-0.25, -0.2) is 4.79 Å². The van der Waals surface area contributed by atoms with Crippen LogP contribution < -0.4 is 0 Å². The average Bonchev–Trinajstić information content (AvgIpc) is 3.03. The van der Waals surface area contributed by atoms with Gasteiger partial charge in [-0.3, -0.25) is 4.79 Å². The number of nitrogens with zero attached hydrogens (tertiary/aromatic N) is 2. The first-order valence-corrected chi connectivity index (χ1v) is 8.02. The molecule has 0 radical (unpaired) electrons. The highest BCUT2D eigenvalue weighted by molar-refractivity contribution is 5.82. The van der Waals surface area contributed by atoms with Crippen LogP contribution in [0, 0.1) is 11.3 Å². The Morgan fingerprint density at radius 2 is 2.13 bits per heavy atom. The smallest absolute Gasteiger partial charge is 0.335 e. The molecule has 0 aromatic carbocycles. The largest absolute Gasteiger partial charge is 0.454 e. The Kier molecular flexibility index (Phi) is 8.59. The summed E-state index contributed by atoms with van der Waals surface area (Å²) in [7, 11) is 0. The number of esters is 1. The topological polar surface area (TPSA) is 88.9 Å². The molecule has 1 heterocycles. The van der Waals surface area contributed by atoms with Crippen LogP contribution in [0.1, 0.15) is 40.0 Å². The van der Waals surface area contributed by atoms with Gasteiger partial charge in [-0.15, -0.1) is 0 Å². The quantitative estimate of drug-likeness (QED) is 0.593. The van der Waals surface area contributed by atoms with Gasteiger partial charge in [-0.1, -0.05) is 0 Å². The molecular formula is C16H26N2O5. The van der Waals surface area contributed by atoms with Crippen LogP contribution in [0.15, 0.2) is 0 Å². The molecule has 0 aromatic heterocycles. The molecule has 1 rings (SSSR count). The monoisotopic (exact) mass is 326 g/mol. The van der Waals surface area contributed by atoms with E-state index in [1.54, 1.807) is 6.92 Å². The minimum atomic E-state index is -0.737. The van der Waals surface area contributed by atoms with E-state index in [2.05, 4.69) is 0 Å². The Labute approximate surface area is 137 Å². The second-order valence-corrected chi connectivity index (χ2v) is 5.81. The van der Waals surface area contributed by atoms with Crippen LogP contribution in [0.2, 0.25) is 0 Å². The van der Waals surface area contributed by atoms with E-state index in [0.717, 1.165) is 19.4 Å². The second-order valence-electron chi connectivity index (χ2n) is 5.81. The number of carbonyl (C=O) groups is 2. The molecule has 0 N–H and O–H groups in total. The van der Waals surface area contributed by atoms with Crippen molar-refractivity contribution in [1.29, 1.82) is 5.26 Å². The lowest BCUT2D eigenvalue weighted by molar-refractivity contribution is -0.163. The molecule has 7 nitrogen and oxygen atoms in total. The van der Waals surface area contributed by atoms with Crippen molar-refractivity contribution in [3.8, 4) is 6.07 Å². The summed E-state index contributed by atoms with van der Waals surface area (Å²) in [6.07, 6.45) is 1.49. The Morgan fingerprint density at radius 3 is 2.70 bits per heavy atom. The zero-order chi connectivity index (χ0) is 17.2. The van der Waals surface area contributed by atoms with Gasteiger partial charge in [0.25, 0.3) is 5.91 Å². The second kappa shape index (κ2) is 10.2. The lowest BCUT2D eigenvalue weighted by Gasteiger charge is -2.25. The van der Waals surface area contributed by atoms with Gasteiger partial charge < -0.3 is 19.1 Å². The molecule has 1 fully saturated rings. The van der Waals surface area contributed by atoms with Crippen LogP contribution in [-0.4, -0.2) is 61.4 Å². The van der Waals surface area contributed by atoms with E-state index >= 15 is 0 Å². The van der Waals surface area contributed by atoms with Gasteiger partial charge in [0.05, 0.1) is 25.2 Å². The minimum Gasteiger partial charge on any atom is -0.454 e. The average molecular weight is 326 g/mol. The summed E-state index contributed by atoms with van der Waals surface area (Å²) in [5.74, 6) is -0.879. The maximum atomic E-state index is 12.1. The molecule has 0 aliphatic carbocycles. The van der Waals surface area contributed by atoms with Gasteiger partial charge >= 0.3 is 5.97 Å². The van der Waals surface area contributed by atoms with Gasteiger partial charge in [0.2, 0.25) is 0 Å². The Morgan fingerprint density at radius 1 is 1.39 bits per heavy atom. The first kappa shape index (κ1) is 19.4. The van der Waals surface area contributed by atoms with Crippen molar-refractivity contribution in [3.05, 3.63) is 0 Å². The molecule has 2 unspecified atom stereocenters. The number of hydrogen-bond acceptors (Lipinski definition) is 6. The lowest BCUT2D eigenvalue weighted by atomic mass is 10.2. The van der Waals surface area contributed by atoms with Crippen molar-refractivity contribution < 1.29 is 23.8 Å². The number of amides is 1. The van der Waals surface area contributed by atoms with Crippen molar-refractivity contribution >= 4 is 11.9 Å². The highest BCUT2D eigenvalue weighted by atomic mass is 16.6. The number of rotatable bonds is 9. The number of hydrogen-bond donors (Lipinski definition) is 0. The summed E-state index contributed by atoms with van der Waals surface area (Å²) < 4.78 is 15.9. The number of carbonyl (C=O) groups excluding carboxylic acids is 2. The van der Waals surface area contributed by atoms with Gasteiger partial charge in [-0.2, -0.15) is 5.26 Å². The summed E-state index contributed by atoms with van der Waals surface area (Å²) in [6, 6.07) is 1.95. The van der Waals surface area contributed by atoms with Crippen molar-refractivity contribution in [2.75, 3.05) is 26.4 Å². The molecule has 1 amide bonds. The SMILES string of the molecule is CC(OCC1CCCO1)C(=O)OCC(=O)N(CCC#N)C(C)C. The third-order valence-corrected chi connectivity index (χ3v) is 3.63.